The van der Waals surface area contributed by atoms with Gasteiger partial charge in [0.05, 0.1) is 19.5 Å². The summed E-state index contributed by atoms with van der Waals surface area (Å²) in [6.07, 6.45) is 5.24. The van der Waals surface area contributed by atoms with E-state index >= 15 is 0 Å². The molecule has 5 N–H and O–H groups in total. The van der Waals surface area contributed by atoms with Crippen LogP contribution in [0.2, 0.25) is 0 Å². The third-order valence-electron chi connectivity index (χ3n) is 6.65. The second-order valence-corrected chi connectivity index (χ2v) is 9.87. The SMILES string of the molecule is CC[C@H](NC(=O)[C@@H](NC(=O)N1CCCCC1)C(C)C)C(=O)C(=O)NCCCn1cnc2c(N)nc(OC)nc21. The molecule has 0 unspecified atom stereocenters. The quantitative estimate of drug-likeness (QED) is 0.219. The molecular formula is C25H39N9O5. The van der Waals surface area contributed by atoms with Crippen molar-refractivity contribution in [2.24, 2.45) is 5.92 Å². The molecule has 1 fully saturated rings. The van der Waals surface area contributed by atoms with E-state index in [-0.39, 0.29) is 36.7 Å². The minimum atomic E-state index is -1.00. The lowest BCUT2D eigenvalue weighted by molar-refractivity contribution is -0.140. The van der Waals surface area contributed by atoms with Crippen LogP contribution in [0.5, 0.6) is 6.01 Å². The number of Topliss-reactive ketones (excluding diaryl/α,β-unsaturated/α-hetero) is 1. The van der Waals surface area contributed by atoms with Gasteiger partial charge in [-0.2, -0.15) is 9.97 Å². The second-order valence-electron chi connectivity index (χ2n) is 9.87. The van der Waals surface area contributed by atoms with Crippen molar-refractivity contribution < 1.29 is 23.9 Å². The zero-order valence-corrected chi connectivity index (χ0v) is 23.0. The van der Waals surface area contributed by atoms with E-state index in [4.69, 9.17) is 10.5 Å². The van der Waals surface area contributed by atoms with E-state index in [0.717, 1.165) is 19.3 Å². The molecule has 1 saturated heterocycles. The van der Waals surface area contributed by atoms with Gasteiger partial charge in [0.2, 0.25) is 11.7 Å². The lowest BCUT2D eigenvalue weighted by Gasteiger charge is -2.30. The van der Waals surface area contributed by atoms with Crippen molar-refractivity contribution in [3.05, 3.63) is 6.33 Å². The number of carbonyl (C=O) groups is 4. The van der Waals surface area contributed by atoms with Crippen molar-refractivity contribution >= 4 is 40.6 Å². The first-order valence-corrected chi connectivity index (χ1v) is 13.4. The molecule has 0 aliphatic carbocycles. The Morgan fingerprint density at radius 2 is 1.82 bits per heavy atom. The maximum atomic E-state index is 13.0. The highest BCUT2D eigenvalue weighted by Gasteiger charge is 2.31. The number of nitrogens with two attached hydrogens (primary N) is 1. The third kappa shape index (κ3) is 7.54. The molecule has 0 radical (unpaired) electrons. The number of methoxy groups -OCH3 is 1. The van der Waals surface area contributed by atoms with Crippen molar-refractivity contribution in [3.8, 4) is 6.01 Å². The Morgan fingerprint density at radius 1 is 1.10 bits per heavy atom. The predicted molar refractivity (Wildman–Crippen MR) is 144 cm³/mol. The first-order valence-electron chi connectivity index (χ1n) is 13.4. The van der Waals surface area contributed by atoms with Crippen LogP contribution >= 0.6 is 0 Å². The Hall–Kier alpha value is -3.97. The molecule has 14 nitrogen and oxygen atoms in total. The number of nitrogens with one attached hydrogen (secondary N) is 3. The van der Waals surface area contributed by atoms with Crippen LogP contribution in [0.3, 0.4) is 0 Å². The highest BCUT2D eigenvalue weighted by Crippen LogP contribution is 2.19. The Kier molecular flexibility index (Phi) is 10.4. The van der Waals surface area contributed by atoms with Gasteiger partial charge < -0.3 is 35.9 Å². The molecule has 214 valence electrons. The van der Waals surface area contributed by atoms with Crippen molar-refractivity contribution in [2.75, 3.05) is 32.5 Å². The molecule has 2 aromatic heterocycles. The minimum absolute atomic E-state index is 0.124. The molecule has 2 atom stereocenters. The molecule has 3 rings (SSSR count). The number of nitrogen functional groups attached to an aromatic ring is 1. The van der Waals surface area contributed by atoms with Crippen LogP contribution < -0.4 is 26.4 Å². The number of fused-ring (bicyclic) bond motifs is 1. The summed E-state index contributed by atoms with van der Waals surface area (Å²) in [7, 11) is 1.44. The average Bonchev–Trinajstić information content (AvgIpc) is 3.35. The van der Waals surface area contributed by atoms with Gasteiger partial charge >= 0.3 is 12.0 Å². The van der Waals surface area contributed by atoms with Crippen molar-refractivity contribution in [1.29, 1.82) is 0 Å². The first-order chi connectivity index (χ1) is 18.7. The molecule has 3 heterocycles. The van der Waals surface area contributed by atoms with Gasteiger partial charge in [-0.15, -0.1) is 0 Å². The van der Waals surface area contributed by atoms with Crippen LogP contribution in [0.1, 0.15) is 52.9 Å². The second kappa shape index (κ2) is 13.7. The van der Waals surface area contributed by atoms with E-state index in [9.17, 15) is 19.2 Å². The number of piperidine rings is 1. The Labute approximate surface area is 227 Å². The van der Waals surface area contributed by atoms with E-state index in [2.05, 4.69) is 30.9 Å². The van der Waals surface area contributed by atoms with Gasteiger partial charge in [0.15, 0.2) is 11.5 Å². The zero-order valence-electron chi connectivity index (χ0n) is 23.0. The Morgan fingerprint density at radius 3 is 2.46 bits per heavy atom. The van der Waals surface area contributed by atoms with Crippen molar-refractivity contribution in [1.82, 2.24) is 40.4 Å². The number of aromatic nitrogens is 4. The number of anilines is 1. The molecular weight excluding hydrogens is 506 g/mol. The van der Waals surface area contributed by atoms with Gasteiger partial charge in [-0.3, -0.25) is 14.4 Å². The molecule has 0 aromatic carbocycles. The number of aryl methyl sites for hydroxylation is 1. The van der Waals surface area contributed by atoms with Crippen LogP contribution in [-0.2, 0) is 20.9 Å². The molecule has 39 heavy (non-hydrogen) atoms. The van der Waals surface area contributed by atoms with E-state index in [1.807, 2.05) is 13.8 Å². The fourth-order valence-corrected chi connectivity index (χ4v) is 4.37. The maximum Gasteiger partial charge on any atom is 0.320 e. The molecule has 0 spiro atoms. The highest BCUT2D eigenvalue weighted by atomic mass is 16.5. The normalized spacial score (nSPS) is 15.1. The number of hydrogen-bond donors (Lipinski definition) is 4. The maximum absolute atomic E-state index is 13.0. The van der Waals surface area contributed by atoms with Gasteiger partial charge in [-0.05, 0) is 38.0 Å². The first kappa shape index (κ1) is 29.6. The zero-order chi connectivity index (χ0) is 28.5. The molecule has 0 saturated carbocycles. The van der Waals surface area contributed by atoms with Crippen molar-refractivity contribution in [3.63, 3.8) is 0 Å². The Balaban J connectivity index is 1.51. The lowest BCUT2D eigenvalue weighted by atomic mass is 10.0. The number of imidazole rings is 1. The fourth-order valence-electron chi connectivity index (χ4n) is 4.37. The number of hydrogen-bond acceptors (Lipinski definition) is 9. The summed E-state index contributed by atoms with van der Waals surface area (Å²) in [6.45, 7) is 7.31. The van der Waals surface area contributed by atoms with Crippen LogP contribution in [-0.4, -0.2) is 86.9 Å². The van der Waals surface area contributed by atoms with Crippen LogP contribution in [0.15, 0.2) is 6.33 Å². The predicted octanol–water partition coefficient (Wildman–Crippen LogP) is 0.607. The Bertz CT molecular complexity index is 1180. The number of carbonyl (C=O) groups excluding carboxylic acids is 4. The number of likely N-dealkylation sites (tertiary alicyclic amines) is 1. The summed E-state index contributed by atoms with van der Waals surface area (Å²) < 4.78 is 6.81. The summed E-state index contributed by atoms with van der Waals surface area (Å²) >= 11 is 0. The third-order valence-corrected chi connectivity index (χ3v) is 6.65. The van der Waals surface area contributed by atoms with Crippen molar-refractivity contribution in [2.45, 2.75) is 71.5 Å². The van der Waals surface area contributed by atoms with Gasteiger partial charge in [0.1, 0.15) is 11.6 Å². The number of urea groups is 1. The molecule has 1 aliphatic rings. The largest absolute Gasteiger partial charge is 0.467 e. The molecule has 2 aromatic rings. The average molecular weight is 546 g/mol. The molecule has 0 bridgehead atoms. The van der Waals surface area contributed by atoms with Crippen LogP contribution in [0.25, 0.3) is 11.2 Å². The van der Waals surface area contributed by atoms with Gasteiger partial charge in [-0.1, -0.05) is 20.8 Å². The summed E-state index contributed by atoms with van der Waals surface area (Å²) in [5.74, 6) is -2.03. The van der Waals surface area contributed by atoms with E-state index in [1.54, 1.807) is 22.7 Å². The summed E-state index contributed by atoms with van der Waals surface area (Å²) in [4.78, 5) is 65.2. The van der Waals surface area contributed by atoms with Crippen LogP contribution in [0.4, 0.5) is 10.6 Å². The topological polar surface area (TPSA) is 186 Å². The number of amides is 4. The highest BCUT2D eigenvalue weighted by molar-refractivity contribution is 6.38. The number of ether oxygens (including phenoxy) is 1. The monoisotopic (exact) mass is 545 g/mol. The van der Waals surface area contributed by atoms with Gasteiger partial charge in [0.25, 0.3) is 5.91 Å². The number of rotatable bonds is 12. The van der Waals surface area contributed by atoms with E-state index < -0.39 is 29.7 Å². The van der Waals surface area contributed by atoms with Gasteiger partial charge in [0, 0.05) is 26.2 Å². The standard InChI is InChI=1S/C25H39N9O5/c1-5-16(29-22(36)17(15(2)3)30-25(38)33-11-7-6-8-12-33)19(35)23(37)27-10-9-13-34-14-28-18-20(26)31-24(39-4)32-21(18)34/h14-17H,5-13H2,1-4H3,(H,27,37)(H,29,36)(H,30,38)(H2,26,31,32)/t16-,17-/m0/s1. The number of ketones is 1. The van der Waals surface area contributed by atoms with Gasteiger partial charge in [-0.25, -0.2) is 9.78 Å². The van der Waals surface area contributed by atoms with E-state index in [1.165, 1.54) is 7.11 Å². The number of nitrogens with zero attached hydrogens (tertiary/aromatic N) is 5. The lowest BCUT2D eigenvalue weighted by Crippen LogP contribution is -2.57. The summed E-state index contributed by atoms with van der Waals surface area (Å²) in [5, 5.41) is 8.06. The minimum Gasteiger partial charge on any atom is -0.467 e. The summed E-state index contributed by atoms with van der Waals surface area (Å²) in [6, 6.07) is -2.00. The smallest absolute Gasteiger partial charge is 0.320 e. The summed E-state index contributed by atoms with van der Waals surface area (Å²) in [5.41, 5.74) is 6.84. The van der Waals surface area contributed by atoms with Crippen LogP contribution in [0, 0.1) is 5.92 Å². The molecule has 1 aliphatic heterocycles. The fraction of sp³-hybridized carbons (Fsp3) is 0.640. The molecule has 4 amide bonds. The molecule has 14 heteroatoms. The van der Waals surface area contributed by atoms with E-state index in [0.29, 0.717) is 37.2 Å².